The molecule has 1 N–H and O–H groups in total. The summed E-state index contributed by atoms with van der Waals surface area (Å²) in [5.74, 6) is -0.0937. The number of anilines is 1. The van der Waals surface area contributed by atoms with Crippen LogP contribution in [0.5, 0.6) is 5.75 Å². The highest BCUT2D eigenvalue weighted by atomic mass is 32.2. The number of sulfonamides is 1. The van der Waals surface area contributed by atoms with E-state index < -0.39 is 31.5 Å². The first-order chi connectivity index (χ1) is 14.8. The lowest BCUT2D eigenvalue weighted by atomic mass is 10.0. The molecule has 0 aliphatic rings. The lowest BCUT2D eigenvalue weighted by Gasteiger charge is -2.10. The normalized spacial score (nSPS) is 11.0. The lowest BCUT2D eigenvalue weighted by Crippen LogP contribution is -2.16. The van der Waals surface area contributed by atoms with Crippen molar-refractivity contribution in [3.63, 3.8) is 0 Å². The predicted octanol–water partition coefficient (Wildman–Crippen LogP) is 4.31. The van der Waals surface area contributed by atoms with E-state index in [-0.39, 0.29) is 17.2 Å². The largest absolute Gasteiger partial charge is 0.497 e. The van der Waals surface area contributed by atoms with Crippen LogP contribution in [0.2, 0.25) is 0 Å². The van der Waals surface area contributed by atoms with Crippen molar-refractivity contribution < 1.29 is 27.6 Å². The molecule has 3 aromatic rings. The van der Waals surface area contributed by atoms with Crippen molar-refractivity contribution in [2.45, 2.75) is 11.8 Å². The molecule has 0 saturated carbocycles. The van der Waals surface area contributed by atoms with Crippen molar-refractivity contribution in [2.24, 2.45) is 0 Å². The topological polar surface area (TPSA) is 125 Å². The number of para-hydroxylation sites is 1. The van der Waals surface area contributed by atoms with Gasteiger partial charge < -0.3 is 9.47 Å². The minimum atomic E-state index is -4.35. The third-order valence-electron chi connectivity index (χ3n) is 4.25. The van der Waals surface area contributed by atoms with Crippen LogP contribution in [0.4, 0.5) is 10.7 Å². The van der Waals surface area contributed by atoms with Crippen molar-refractivity contribution in [3.8, 4) is 16.9 Å². The number of thiophene rings is 1. The monoisotopic (exact) mass is 462 g/mol. The Hall–Kier alpha value is -3.44. The van der Waals surface area contributed by atoms with E-state index in [9.17, 15) is 23.3 Å². The van der Waals surface area contributed by atoms with Crippen molar-refractivity contribution in [1.82, 2.24) is 0 Å². The molecule has 0 radical (unpaired) electrons. The number of rotatable bonds is 8. The summed E-state index contributed by atoms with van der Waals surface area (Å²) in [6, 6.07) is 11.8. The summed E-state index contributed by atoms with van der Waals surface area (Å²) in [4.78, 5) is 22.6. The number of nitrogens with zero attached hydrogens (tertiary/aromatic N) is 1. The molecule has 1 aromatic heterocycles. The SMILES string of the molecule is CCOC(=O)c1c(-c2ccc(OC)cc2)csc1NS(=O)(=O)c1ccccc1[N+](=O)[O-]. The second kappa shape index (κ2) is 9.14. The Morgan fingerprint density at radius 2 is 1.84 bits per heavy atom. The minimum absolute atomic E-state index is 0.00224. The second-order valence-electron chi connectivity index (χ2n) is 6.13. The number of hydrogen-bond acceptors (Lipinski definition) is 8. The lowest BCUT2D eigenvalue weighted by molar-refractivity contribution is -0.387. The Balaban J connectivity index is 2.08. The number of hydrogen-bond donors (Lipinski definition) is 1. The number of esters is 1. The number of nitro groups is 1. The Labute approximate surface area is 182 Å². The van der Waals surface area contributed by atoms with Crippen LogP contribution in [0.25, 0.3) is 11.1 Å². The van der Waals surface area contributed by atoms with Gasteiger partial charge in [-0.15, -0.1) is 11.3 Å². The zero-order chi connectivity index (χ0) is 22.6. The first kappa shape index (κ1) is 22.2. The summed E-state index contributed by atoms with van der Waals surface area (Å²) in [5, 5.41) is 12.9. The molecule has 0 atom stereocenters. The maximum atomic E-state index is 12.9. The maximum absolute atomic E-state index is 12.9. The molecule has 0 spiro atoms. The Kier molecular flexibility index (Phi) is 6.56. The highest BCUT2D eigenvalue weighted by Crippen LogP contribution is 2.38. The molecule has 0 unspecified atom stereocenters. The Morgan fingerprint density at radius 3 is 2.45 bits per heavy atom. The molecule has 0 aliphatic carbocycles. The molecule has 31 heavy (non-hydrogen) atoms. The van der Waals surface area contributed by atoms with E-state index >= 15 is 0 Å². The van der Waals surface area contributed by atoms with Gasteiger partial charge in [-0.05, 0) is 30.7 Å². The molecule has 162 valence electrons. The van der Waals surface area contributed by atoms with E-state index in [2.05, 4.69) is 4.72 Å². The Bertz CT molecular complexity index is 1220. The quantitative estimate of drug-likeness (QED) is 0.300. The van der Waals surface area contributed by atoms with Gasteiger partial charge in [0.1, 0.15) is 16.3 Å². The van der Waals surface area contributed by atoms with E-state index in [1.807, 2.05) is 0 Å². The van der Waals surface area contributed by atoms with E-state index in [4.69, 9.17) is 9.47 Å². The summed E-state index contributed by atoms with van der Waals surface area (Å²) in [6.07, 6.45) is 0. The number of benzene rings is 2. The summed E-state index contributed by atoms with van der Waals surface area (Å²) in [6.45, 7) is 1.72. The van der Waals surface area contributed by atoms with Crippen molar-refractivity contribution in [1.29, 1.82) is 0 Å². The van der Waals surface area contributed by atoms with E-state index in [0.29, 0.717) is 16.9 Å². The van der Waals surface area contributed by atoms with Gasteiger partial charge in [0.2, 0.25) is 0 Å². The van der Waals surface area contributed by atoms with Gasteiger partial charge in [-0.25, -0.2) is 13.2 Å². The van der Waals surface area contributed by atoms with Crippen LogP contribution >= 0.6 is 11.3 Å². The molecule has 9 nitrogen and oxygen atoms in total. The molecule has 3 rings (SSSR count). The van der Waals surface area contributed by atoms with Gasteiger partial charge in [0.15, 0.2) is 4.90 Å². The van der Waals surface area contributed by atoms with E-state index in [1.54, 1.807) is 36.6 Å². The number of carbonyl (C=O) groups excluding carboxylic acids is 1. The molecule has 0 amide bonds. The fourth-order valence-electron chi connectivity index (χ4n) is 2.83. The number of nitro benzene ring substituents is 1. The van der Waals surface area contributed by atoms with Crippen LogP contribution in [-0.4, -0.2) is 33.0 Å². The summed E-state index contributed by atoms with van der Waals surface area (Å²) in [5.41, 5.74) is 0.571. The molecule has 0 fully saturated rings. The second-order valence-corrected chi connectivity index (χ2v) is 8.66. The fourth-order valence-corrected chi connectivity index (χ4v) is 5.29. The zero-order valence-corrected chi connectivity index (χ0v) is 18.2. The molecule has 1 heterocycles. The van der Waals surface area contributed by atoms with Crippen LogP contribution in [-0.2, 0) is 14.8 Å². The molecule has 0 aliphatic heterocycles. The first-order valence-electron chi connectivity index (χ1n) is 8.97. The minimum Gasteiger partial charge on any atom is -0.497 e. The standard InChI is InChI=1S/C20H18N2O7S2/c1-3-29-20(23)18-15(13-8-10-14(28-2)11-9-13)12-30-19(18)21-31(26,27)17-7-5-4-6-16(17)22(24)25/h4-12,21H,3H2,1-2H3. The van der Waals surface area contributed by atoms with E-state index in [0.717, 1.165) is 23.5 Å². The van der Waals surface area contributed by atoms with Crippen molar-refractivity contribution >= 4 is 38.0 Å². The van der Waals surface area contributed by atoms with Gasteiger partial charge in [-0.3, -0.25) is 14.8 Å². The van der Waals surface area contributed by atoms with Gasteiger partial charge in [0.05, 0.1) is 18.6 Å². The molecular weight excluding hydrogens is 444 g/mol. The van der Waals surface area contributed by atoms with Crippen LogP contribution in [0.1, 0.15) is 17.3 Å². The van der Waals surface area contributed by atoms with Gasteiger partial charge >= 0.3 is 5.97 Å². The number of carbonyl (C=O) groups is 1. The average Bonchev–Trinajstić information content (AvgIpc) is 3.16. The Morgan fingerprint density at radius 1 is 1.16 bits per heavy atom. The number of nitrogens with one attached hydrogen (secondary N) is 1. The van der Waals surface area contributed by atoms with Gasteiger partial charge in [-0.1, -0.05) is 24.3 Å². The van der Waals surface area contributed by atoms with Crippen LogP contribution < -0.4 is 9.46 Å². The smallest absolute Gasteiger partial charge is 0.341 e. The average molecular weight is 463 g/mol. The van der Waals surface area contributed by atoms with Gasteiger partial charge in [0, 0.05) is 17.0 Å². The maximum Gasteiger partial charge on any atom is 0.341 e. The third kappa shape index (κ3) is 4.67. The fraction of sp³-hybridized carbons (Fsp3) is 0.150. The van der Waals surface area contributed by atoms with Crippen LogP contribution in [0.3, 0.4) is 0 Å². The number of methoxy groups -OCH3 is 1. The molecule has 0 bridgehead atoms. The molecule has 2 aromatic carbocycles. The first-order valence-corrected chi connectivity index (χ1v) is 11.3. The van der Waals surface area contributed by atoms with Crippen LogP contribution in [0, 0.1) is 10.1 Å². The predicted molar refractivity (Wildman–Crippen MR) is 116 cm³/mol. The van der Waals surface area contributed by atoms with Gasteiger partial charge in [-0.2, -0.15) is 0 Å². The summed E-state index contributed by atoms with van der Waals surface area (Å²) < 4.78 is 38.4. The van der Waals surface area contributed by atoms with Crippen molar-refractivity contribution in [2.75, 3.05) is 18.4 Å². The molecule has 0 saturated heterocycles. The van der Waals surface area contributed by atoms with Crippen molar-refractivity contribution in [3.05, 3.63) is 69.6 Å². The van der Waals surface area contributed by atoms with Gasteiger partial charge in [0.25, 0.3) is 15.7 Å². The van der Waals surface area contributed by atoms with E-state index in [1.165, 1.54) is 19.2 Å². The number of ether oxygens (including phenoxy) is 2. The molecular formula is C20H18N2O7S2. The highest BCUT2D eigenvalue weighted by Gasteiger charge is 2.29. The molecule has 11 heteroatoms. The summed E-state index contributed by atoms with van der Waals surface area (Å²) >= 11 is 0.979. The highest BCUT2D eigenvalue weighted by molar-refractivity contribution is 7.93. The third-order valence-corrected chi connectivity index (χ3v) is 6.67. The summed E-state index contributed by atoms with van der Waals surface area (Å²) in [7, 11) is -2.82. The zero-order valence-electron chi connectivity index (χ0n) is 16.5. The van der Waals surface area contributed by atoms with Crippen LogP contribution in [0.15, 0.2) is 58.8 Å².